The number of aryl methyl sites for hydroxylation is 2. The molecular formula is C18H13FN2O2S. The molecule has 120 valence electrons. The number of para-hydroxylation sites is 2. The summed E-state index contributed by atoms with van der Waals surface area (Å²) in [7, 11) is 0. The Balaban J connectivity index is 1.72. The summed E-state index contributed by atoms with van der Waals surface area (Å²) in [5.74, 6) is -0.809. The molecule has 4 aromatic rings. The first-order chi connectivity index (χ1) is 11.5. The maximum atomic E-state index is 13.8. The van der Waals surface area contributed by atoms with Gasteiger partial charge >= 0.3 is 0 Å². The molecule has 1 N–H and O–H groups in total. The van der Waals surface area contributed by atoms with Gasteiger partial charge in [0.05, 0.1) is 10.2 Å². The lowest BCUT2D eigenvalue weighted by Crippen LogP contribution is -2.11. The summed E-state index contributed by atoms with van der Waals surface area (Å²) >= 11 is 1.39. The smallest absolute Gasteiger partial charge is 0.293 e. The van der Waals surface area contributed by atoms with Gasteiger partial charge in [0, 0.05) is 10.9 Å². The monoisotopic (exact) mass is 340 g/mol. The molecule has 0 atom stereocenters. The van der Waals surface area contributed by atoms with Crippen LogP contribution in [-0.2, 0) is 0 Å². The van der Waals surface area contributed by atoms with Gasteiger partial charge in [0.1, 0.15) is 0 Å². The van der Waals surface area contributed by atoms with Gasteiger partial charge in [0.25, 0.3) is 5.91 Å². The lowest BCUT2D eigenvalue weighted by molar-refractivity contribution is 0.0997. The van der Waals surface area contributed by atoms with Crippen LogP contribution in [0, 0.1) is 19.7 Å². The number of hydrogen-bond donors (Lipinski definition) is 1. The molecule has 2 aromatic carbocycles. The Morgan fingerprint density at radius 3 is 2.75 bits per heavy atom. The summed E-state index contributed by atoms with van der Waals surface area (Å²) in [5.41, 5.74) is 2.62. The van der Waals surface area contributed by atoms with Crippen molar-refractivity contribution in [2.75, 3.05) is 5.32 Å². The van der Waals surface area contributed by atoms with E-state index in [9.17, 15) is 9.18 Å². The Hall–Kier alpha value is -2.73. The van der Waals surface area contributed by atoms with Crippen LogP contribution in [-0.4, -0.2) is 10.9 Å². The number of nitrogens with one attached hydrogen (secondary N) is 1. The number of rotatable bonds is 2. The number of fused-ring (bicyclic) bond motifs is 2. The van der Waals surface area contributed by atoms with E-state index in [2.05, 4.69) is 10.3 Å². The van der Waals surface area contributed by atoms with Crippen molar-refractivity contribution in [1.29, 1.82) is 0 Å². The highest BCUT2D eigenvalue weighted by Crippen LogP contribution is 2.30. The van der Waals surface area contributed by atoms with Crippen LogP contribution in [0.2, 0.25) is 0 Å². The first kappa shape index (κ1) is 14.8. The number of furan rings is 1. The fourth-order valence-electron chi connectivity index (χ4n) is 2.72. The van der Waals surface area contributed by atoms with E-state index >= 15 is 0 Å². The molecule has 6 heteroatoms. The summed E-state index contributed by atoms with van der Waals surface area (Å²) in [6.07, 6.45) is 0. The van der Waals surface area contributed by atoms with Crippen molar-refractivity contribution in [1.82, 2.24) is 4.98 Å². The zero-order valence-corrected chi connectivity index (χ0v) is 13.8. The minimum absolute atomic E-state index is 0.0975. The summed E-state index contributed by atoms with van der Waals surface area (Å²) in [4.78, 5) is 17.0. The minimum Gasteiger partial charge on any atom is -0.448 e. The van der Waals surface area contributed by atoms with Crippen molar-refractivity contribution in [3.8, 4) is 0 Å². The van der Waals surface area contributed by atoms with Crippen LogP contribution in [0.1, 0.15) is 21.7 Å². The molecule has 0 saturated heterocycles. The Morgan fingerprint density at radius 1 is 1.21 bits per heavy atom. The van der Waals surface area contributed by atoms with Crippen molar-refractivity contribution in [2.45, 2.75) is 13.8 Å². The van der Waals surface area contributed by atoms with Crippen molar-refractivity contribution in [3.63, 3.8) is 0 Å². The fourth-order valence-corrected chi connectivity index (χ4v) is 3.66. The number of amides is 1. The summed E-state index contributed by atoms with van der Waals surface area (Å²) < 4.78 is 20.3. The van der Waals surface area contributed by atoms with Crippen molar-refractivity contribution in [3.05, 3.63) is 59.1 Å². The van der Waals surface area contributed by atoms with Gasteiger partial charge in [-0.3, -0.25) is 10.1 Å². The Morgan fingerprint density at radius 2 is 2.00 bits per heavy atom. The first-order valence-corrected chi connectivity index (χ1v) is 8.21. The number of anilines is 1. The van der Waals surface area contributed by atoms with Gasteiger partial charge in [-0.1, -0.05) is 35.6 Å². The maximum absolute atomic E-state index is 13.8. The molecule has 0 bridgehead atoms. The van der Waals surface area contributed by atoms with Crippen LogP contribution in [0.4, 0.5) is 9.52 Å². The van der Waals surface area contributed by atoms with Crippen LogP contribution >= 0.6 is 11.3 Å². The first-order valence-electron chi connectivity index (χ1n) is 7.39. The Bertz CT molecular complexity index is 1100. The normalized spacial score (nSPS) is 11.3. The maximum Gasteiger partial charge on any atom is 0.293 e. The third-order valence-corrected chi connectivity index (χ3v) is 4.90. The van der Waals surface area contributed by atoms with E-state index in [1.165, 1.54) is 17.4 Å². The molecule has 2 aromatic heterocycles. The topological polar surface area (TPSA) is 55.1 Å². The van der Waals surface area contributed by atoms with E-state index in [4.69, 9.17) is 4.42 Å². The zero-order valence-electron chi connectivity index (χ0n) is 13.0. The average Bonchev–Trinajstić information content (AvgIpc) is 3.11. The number of carbonyl (C=O) groups excluding carboxylic acids is 1. The van der Waals surface area contributed by atoms with Gasteiger partial charge in [-0.05, 0) is 31.5 Å². The van der Waals surface area contributed by atoms with E-state index in [1.807, 2.05) is 25.1 Å². The molecule has 0 radical (unpaired) electrons. The Kier molecular flexibility index (Phi) is 3.35. The number of thiazole rings is 1. The van der Waals surface area contributed by atoms with E-state index in [0.717, 1.165) is 15.8 Å². The molecule has 0 unspecified atom stereocenters. The molecule has 1 amide bonds. The molecule has 24 heavy (non-hydrogen) atoms. The van der Waals surface area contributed by atoms with Crippen LogP contribution < -0.4 is 5.32 Å². The second kappa shape index (κ2) is 5.42. The SMILES string of the molecule is Cc1c(C(=O)Nc2nc3c(C)cccc3s2)oc2c(F)cccc12. The molecule has 4 nitrogen and oxygen atoms in total. The van der Waals surface area contributed by atoms with E-state index < -0.39 is 11.7 Å². The summed E-state index contributed by atoms with van der Waals surface area (Å²) in [5, 5.41) is 3.84. The highest BCUT2D eigenvalue weighted by atomic mass is 32.1. The predicted octanol–water partition coefficient (Wildman–Crippen LogP) is 5.05. The van der Waals surface area contributed by atoms with Crippen LogP contribution in [0.5, 0.6) is 0 Å². The van der Waals surface area contributed by atoms with Crippen LogP contribution in [0.25, 0.3) is 21.2 Å². The largest absolute Gasteiger partial charge is 0.448 e. The number of halogens is 1. The molecule has 0 aliphatic rings. The number of aromatic nitrogens is 1. The molecule has 0 fully saturated rings. The second-order valence-corrected chi connectivity index (χ2v) is 6.60. The number of carbonyl (C=O) groups is 1. The highest BCUT2D eigenvalue weighted by molar-refractivity contribution is 7.22. The third-order valence-electron chi connectivity index (χ3n) is 3.96. The van der Waals surface area contributed by atoms with E-state index in [0.29, 0.717) is 16.1 Å². The third kappa shape index (κ3) is 2.27. The standard InChI is InChI=1S/C18H13FN2O2S/c1-9-5-3-8-13-14(9)20-18(24-13)21-17(22)15-10(2)11-6-4-7-12(19)16(11)23-15/h3-8H,1-2H3,(H,20,21,22). The molecule has 0 saturated carbocycles. The number of nitrogens with zero attached hydrogens (tertiary/aromatic N) is 1. The minimum atomic E-state index is -0.481. The van der Waals surface area contributed by atoms with Gasteiger partial charge in [0.15, 0.2) is 22.3 Å². The fraction of sp³-hybridized carbons (Fsp3) is 0.111. The zero-order chi connectivity index (χ0) is 16.8. The van der Waals surface area contributed by atoms with Crippen molar-refractivity contribution in [2.24, 2.45) is 0 Å². The second-order valence-electron chi connectivity index (χ2n) is 5.57. The van der Waals surface area contributed by atoms with Crippen LogP contribution in [0.15, 0.2) is 40.8 Å². The molecule has 2 heterocycles. The molecule has 0 aliphatic heterocycles. The summed E-state index contributed by atoms with van der Waals surface area (Å²) in [6, 6.07) is 10.5. The van der Waals surface area contributed by atoms with E-state index in [-0.39, 0.29) is 11.3 Å². The average molecular weight is 340 g/mol. The Labute approximate surface area is 140 Å². The summed E-state index contributed by atoms with van der Waals surface area (Å²) in [6.45, 7) is 3.71. The lowest BCUT2D eigenvalue weighted by Gasteiger charge is -1.98. The lowest BCUT2D eigenvalue weighted by atomic mass is 10.1. The van der Waals surface area contributed by atoms with Gasteiger partial charge in [-0.25, -0.2) is 9.37 Å². The van der Waals surface area contributed by atoms with E-state index in [1.54, 1.807) is 19.1 Å². The number of hydrogen-bond acceptors (Lipinski definition) is 4. The van der Waals surface area contributed by atoms with Crippen molar-refractivity contribution < 1.29 is 13.6 Å². The van der Waals surface area contributed by atoms with Crippen molar-refractivity contribution >= 4 is 43.6 Å². The van der Waals surface area contributed by atoms with Gasteiger partial charge in [-0.15, -0.1) is 0 Å². The predicted molar refractivity (Wildman–Crippen MR) is 93.2 cm³/mol. The van der Waals surface area contributed by atoms with Gasteiger partial charge in [-0.2, -0.15) is 0 Å². The number of benzene rings is 2. The molecule has 0 aliphatic carbocycles. The highest BCUT2D eigenvalue weighted by Gasteiger charge is 2.20. The molecule has 4 rings (SSSR count). The molecular weight excluding hydrogens is 327 g/mol. The van der Waals surface area contributed by atoms with Gasteiger partial charge in [0.2, 0.25) is 0 Å². The van der Waals surface area contributed by atoms with Crippen LogP contribution in [0.3, 0.4) is 0 Å². The quantitative estimate of drug-likeness (QED) is 0.555. The molecule has 0 spiro atoms. The van der Waals surface area contributed by atoms with Gasteiger partial charge < -0.3 is 4.42 Å².